The minimum Gasteiger partial charge on any atom is -0.486 e. The number of thiophene rings is 1. The van der Waals surface area contributed by atoms with Gasteiger partial charge in [0, 0.05) is 10.6 Å². The summed E-state index contributed by atoms with van der Waals surface area (Å²) in [5, 5.41) is 0. The number of rotatable bonds is 4. The molecule has 0 bridgehead atoms. The van der Waals surface area contributed by atoms with Gasteiger partial charge in [-0.1, -0.05) is 11.6 Å². The van der Waals surface area contributed by atoms with Gasteiger partial charge in [-0.25, -0.2) is 0 Å². The van der Waals surface area contributed by atoms with Gasteiger partial charge in [-0.2, -0.15) is 0 Å². The first-order valence-electron chi connectivity index (χ1n) is 5.08. The molecule has 0 saturated carbocycles. The highest BCUT2D eigenvalue weighted by atomic mass is 35.5. The zero-order valence-corrected chi connectivity index (χ0v) is 11.6. The first-order valence-corrected chi connectivity index (χ1v) is 6.81. The van der Waals surface area contributed by atoms with Crippen LogP contribution in [0.2, 0.25) is 4.34 Å². The van der Waals surface area contributed by atoms with Gasteiger partial charge in [0.1, 0.15) is 12.4 Å². The largest absolute Gasteiger partial charge is 0.486 e. The Labute approximate surface area is 114 Å². The fourth-order valence-corrected chi connectivity index (χ4v) is 2.60. The Balaban J connectivity index is 2.08. The lowest BCUT2D eigenvalue weighted by Crippen LogP contribution is -1.99. The van der Waals surface area contributed by atoms with Crippen LogP contribution in [0.1, 0.15) is 16.3 Å². The smallest absolute Gasteiger partial charge is 0.142 e. The molecule has 0 aromatic carbocycles. The van der Waals surface area contributed by atoms with Crippen LogP contribution in [0, 0.1) is 6.92 Å². The maximum Gasteiger partial charge on any atom is 0.142 e. The third kappa shape index (κ3) is 3.35. The number of halogens is 2. The number of alkyl halides is 1. The van der Waals surface area contributed by atoms with Gasteiger partial charge in [0.05, 0.1) is 15.9 Å². The lowest BCUT2D eigenvalue weighted by molar-refractivity contribution is 0.305. The zero-order chi connectivity index (χ0) is 12.3. The van der Waals surface area contributed by atoms with Gasteiger partial charge >= 0.3 is 0 Å². The van der Waals surface area contributed by atoms with Crippen molar-refractivity contribution in [1.82, 2.24) is 4.98 Å². The van der Waals surface area contributed by atoms with Crippen molar-refractivity contribution >= 4 is 34.5 Å². The van der Waals surface area contributed by atoms with E-state index in [0.29, 0.717) is 12.5 Å². The van der Waals surface area contributed by atoms with Crippen LogP contribution in [-0.4, -0.2) is 4.98 Å². The molecule has 0 fully saturated rings. The topological polar surface area (TPSA) is 22.1 Å². The molecule has 0 aliphatic heterocycles. The molecule has 5 heteroatoms. The lowest BCUT2D eigenvalue weighted by Gasteiger charge is -2.08. The van der Waals surface area contributed by atoms with Crippen molar-refractivity contribution in [2.75, 3.05) is 0 Å². The molecule has 2 rings (SSSR count). The molecular weight excluding hydrogens is 277 g/mol. The Morgan fingerprint density at radius 3 is 2.76 bits per heavy atom. The Bertz CT molecular complexity index is 513. The summed E-state index contributed by atoms with van der Waals surface area (Å²) in [6, 6.07) is 7.62. The maximum atomic E-state index is 5.85. The van der Waals surface area contributed by atoms with Crippen molar-refractivity contribution < 1.29 is 4.74 Å². The highest BCUT2D eigenvalue weighted by molar-refractivity contribution is 7.16. The van der Waals surface area contributed by atoms with Crippen LogP contribution in [0.5, 0.6) is 5.75 Å². The number of nitrogens with zero attached hydrogens (tertiary/aromatic N) is 1. The second-order valence-corrected chi connectivity index (χ2v) is 5.59. The molecule has 17 heavy (non-hydrogen) atoms. The van der Waals surface area contributed by atoms with Crippen molar-refractivity contribution in [2.24, 2.45) is 0 Å². The highest BCUT2D eigenvalue weighted by Crippen LogP contribution is 2.24. The average Bonchev–Trinajstić information content (AvgIpc) is 2.73. The first-order chi connectivity index (χ1) is 8.19. The molecule has 0 unspecified atom stereocenters. The summed E-state index contributed by atoms with van der Waals surface area (Å²) in [5.41, 5.74) is 1.71. The Morgan fingerprint density at radius 1 is 1.29 bits per heavy atom. The molecule has 2 aromatic heterocycles. The molecule has 0 aliphatic rings. The van der Waals surface area contributed by atoms with Crippen molar-refractivity contribution in [3.63, 3.8) is 0 Å². The number of pyridine rings is 1. The van der Waals surface area contributed by atoms with Gasteiger partial charge in [-0.05, 0) is 31.2 Å². The number of aromatic nitrogens is 1. The zero-order valence-electron chi connectivity index (χ0n) is 9.24. The lowest BCUT2D eigenvalue weighted by atomic mass is 10.3. The maximum absolute atomic E-state index is 5.85. The minimum absolute atomic E-state index is 0.349. The van der Waals surface area contributed by atoms with Crippen LogP contribution in [0.3, 0.4) is 0 Å². The summed E-state index contributed by atoms with van der Waals surface area (Å²) in [7, 11) is 0. The molecule has 0 saturated heterocycles. The summed E-state index contributed by atoms with van der Waals surface area (Å²) in [6.45, 7) is 2.42. The summed E-state index contributed by atoms with van der Waals surface area (Å²) < 4.78 is 6.45. The van der Waals surface area contributed by atoms with E-state index in [-0.39, 0.29) is 0 Å². The van der Waals surface area contributed by atoms with Crippen LogP contribution >= 0.6 is 34.5 Å². The summed E-state index contributed by atoms with van der Waals surface area (Å²) >= 11 is 13.2. The van der Waals surface area contributed by atoms with Crippen LogP contribution in [0.4, 0.5) is 0 Å². The van der Waals surface area contributed by atoms with Crippen LogP contribution in [0.25, 0.3) is 0 Å². The standard InChI is InChI=1S/C12H11Cl2NOS/c1-8-2-4-11(10(6-13)15-8)16-7-9-3-5-12(14)17-9/h2-5H,6-7H2,1H3. The van der Waals surface area contributed by atoms with E-state index in [1.165, 1.54) is 11.3 Å². The van der Waals surface area contributed by atoms with Gasteiger partial charge in [0.25, 0.3) is 0 Å². The van der Waals surface area contributed by atoms with E-state index in [1.54, 1.807) is 0 Å². The summed E-state index contributed by atoms with van der Waals surface area (Å²) in [6.07, 6.45) is 0. The molecular formula is C12H11Cl2NOS. The predicted octanol–water partition coefficient (Wildman–Crippen LogP) is 4.42. The van der Waals surface area contributed by atoms with E-state index in [0.717, 1.165) is 26.4 Å². The molecule has 90 valence electrons. The Kier molecular flexibility index (Phi) is 4.26. The van der Waals surface area contributed by atoms with E-state index in [9.17, 15) is 0 Å². The number of hydrogen-bond acceptors (Lipinski definition) is 3. The molecule has 0 aliphatic carbocycles. The predicted molar refractivity (Wildman–Crippen MR) is 72.2 cm³/mol. The quantitative estimate of drug-likeness (QED) is 0.777. The van der Waals surface area contributed by atoms with Gasteiger partial charge in [-0.15, -0.1) is 22.9 Å². The van der Waals surface area contributed by atoms with E-state index in [2.05, 4.69) is 4.98 Å². The summed E-state index contributed by atoms with van der Waals surface area (Å²) in [5.74, 6) is 1.08. The molecule has 2 aromatic rings. The number of aryl methyl sites for hydroxylation is 1. The second kappa shape index (κ2) is 5.71. The third-order valence-electron chi connectivity index (χ3n) is 2.20. The van der Waals surface area contributed by atoms with Crippen LogP contribution in [-0.2, 0) is 12.5 Å². The highest BCUT2D eigenvalue weighted by Gasteiger charge is 2.06. The molecule has 2 nitrogen and oxygen atoms in total. The molecule has 2 heterocycles. The molecule has 0 radical (unpaired) electrons. The van der Waals surface area contributed by atoms with E-state index < -0.39 is 0 Å². The van der Waals surface area contributed by atoms with E-state index >= 15 is 0 Å². The summed E-state index contributed by atoms with van der Waals surface area (Å²) in [4.78, 5) is 5.41. The fourth-order valence-electron chi connectivity index (χ4n) is 1.40. The second-order valence-electron chi connectivity index (χ2n) is 3.53. The molecule has 0 spiro atoms. The van der Waals surface area contributed by atoms with E-state index in [1.807, 2.05) is 31.2 Å². The molecule has 0 atom stereocenters. The van der Waals surface area contributed by atoms with Crippen LogP contribution < -0.4 is 4.74 Å². The normalized spacial score (nSPS) is 10.5. The molecule has 0 amide bonds. The fraction of sp³-hybridized carbons (Fsp3) is 0.250. The van der Waals surface area contributed by atoms with Crippen molar-refractivity contribution in [1.29, 1.82) is 0 Å². The Morgan fingerprint density at radius 2 is 2.12 bits per heavy atom. The molecule has 0 N–H and O–H groups in total. The van der Waals surface area contributed by atoms with Gasteiger partial charge in [-0.3, -0.25) is 4.98 Å². The third-order valence-corrected chi connectivity index (χ3v) is 3.65. The SMILES string of the molecule is Cc1ccc(OCc2ccc(Cl)s2)c(CCl)n1. The minimum atomic E-state index is 0.349. The number of hydrogen-bond donors (Lipinski definition) is 0. The first kappa shape index (κ1) is 12.7. The van der Waals surface area contributed by atoms with Gasteiger partial charge < -0.3 is 4.74 Å². The van der Waals surface area contributed by atoms with Crippen LogP contribution in [0.15, 0.2) is 24.3 Å². The van der Waals surface area contributed by atoms with Crippen molar-refractivity contribution in [3.8, 4) is 5.75 Å². The Hall–Kier alpha value is -0.770. The van der Waals surface area contributed by atoms with Gasteiger partial charge in [0.15, 0.2) is 0 Å². The van der Waals surface area contributed by atoms with Gasteiger partial charge in [0.2, 0.25) is 0 Å². The van der Waals surface area contributed by atoms with E-state index in [4.69, 9.17) is 27.9 Å². The monoisotopic (exact) mass is 287 g/mol. The average molecular weight is 288 g/mol. The number of ether oxygens (including phenoxy) is 1. The van der Waals surface area contributed by atoms with Crippen molar-refractivity contribution in [3.05, 3.63) is 44.9 Å². The van der Waals surface area contributed by atoms with Crippen molar-refractivity contribution in [2.45, 2.75) is 19.4 Å².